The number of aromatic nitrogens is 3. The molecule has 2 aromatic carbocycles. The number of hydrogen-bond donors (Lipinski definition) is 0. The van der Waals surface area contributed by atoms with Gasteiger partial charge in [-0.25, -0.2) is 4.68 Å². The van der Waals surface area contributed by atoms with Gasteiger partial charge in [0.2, 0.25) is 0 Å². The summed E-state index contributed by atoms with van der Waals surface area (Å²) in [5.41, 5.74) is 4.87. The second-order valence-electron chi connectivity index (χ2n) is 7.39. The van der Waals surface area contributed by atoms with E-state index in [2.05, 4.69) is 4.98 Å². The number of carbonyl (C=O) groups is 1. The summed E-state index contributed by atoms with van der Waals surface area (Å²) < 4.78 is 7.21. The second kappa shape index (κ2) is 8.83. The first-order valence-electron chi connectivity index (χ1n) is 10.0. The molecule has 2 aromatic heterocycles. The summed E-state index contributed by atoms with van der Waals surface area (Å²) in [6.45, 7) is 2.45. The Kier molecular flexibility index (Phi) is 5.80. The van der Waals surface area contributed by atoms with Gasteiger partial charge in [0.15, 0.2) is 0 Å². The molecule has 0 saturated heterocycles. The van der Waals surface area contributed by atoms with Crippen LogP contribution in [-0.4, -0.2) is 39.7 Å². The number of ether oxygens (including phenoxy) is 1. The van der Waals surface area contributed by atoms with Crippen molar-refractivity contribution >= 4 is 5.91 Å². The molecule has 0 radical (unpaired) electrons. The van der Waals surface area contributed by atoms with Crippen LogP contribution in [0.5, 0.6) is 5.75 Å². The predicted molar refractivity (Wildman–Crippen MR) is 120 cm³/mol. The van der Waals surface area contributed by atoms with E-state index in [1.807, 2.05) is 67.6 Å². The van der Waals surface area contributed by atoms with E-state index in [9.17, 15) is 4.79 Å². The highest BCUT2D eigenvalue weighted by atomic mass is 16.5. The molecule has 0 N–H and O–H groups in total. The van der Waals surface area contributed by atoms with Gasteiger partial charge in [-0.2, -0.15) is 5.10 Å². The zero-order valence-electron chi connectivity index (χ0n) is 17.8. The Morgan fingerprint density at radius 3 is 2.61 bits per heavy atom. The molecule has 156 valence electrons. The van der Waals surface area contributed by atoms with Gasteiger partial charge in [0.1, 0.15) is 11.4 Å². The lowest BCUT2D eigenvalue weighted by molar-refractivity contribution is 0.0785. The molecule has 6 heteroatoms. The van der Waals surface area contributed by atoms with Gasteiger partial charge in [0.05, 0.1) is 18.4 Å². The van der Waals surface area contributed by atoms with E-state index in [1.165, 1.54) is 0 Å². The first-order chi connectivity index (χ1) is 15.1. The number of aryl methyl sites for hydroxylation is 1. The Balaban J connectivity index is 1.71. The van der Waals surface area contributed by atoms with Gasteiger partial charge in [-0.05, 0) is 37.3 Å². The third-order valence-electron chi connectivity index (χ3n) is 5.09. The van der Waals surface area contributed by atoms with Crippen LogP contribution in [0.1, 0.15) is 21.5 Å². The Hall–Kier alpha value is -3.93. The maximum atomic E-state index is 13.5. The SMILES string of the molecule is COc1ccc(C)cc1CN(C)C(=O)c1cn(-c2ccccc2)nc1-c1cccnc1. The summed E-state index contributed by atoms with van der Waals surface area (Å²) in [6, 6.07) is 19.5. The topological polar surface area (TPSA) is 60.2 Å². The van der Waals surface area contributed by atoms with Crippen LogP contribution in [0, 0.1) is 6.92 Å². The number of methoxy groups -OCH3 is 1. The number of nitrogens with zero attached hydrogens (tertiary/aromatic N) is 4. The summed E-state index contributed by atoms with van der Waals surface area (Å²) in [6.07, 6.45) is 5.21. The molecule has 4 rings (SSSR count). The Morgan fingerprint density at radius 2 is 1.90 bits per heavy atom. The smallest absolute Gasteiger partial charge is 0.257 e. The largest absolute Gasteiger partial charge is 0.496 e. The molecule has 2 heterocycles. The first kappa shape index (κ1) is 20.3. The number of rotatable bonds is 6. The number of amides is 1. The maximum Gasteiger partial charge on any atom is 0.257 e. The fourth-order valence-electron chi connectivity index (χ4n) is 3.52. The molecular formula is C25H24N4O2. The minimum atomic E-state index is -0.121. The van der Waals surface area contributed by atoms with Crippen molar-refractivity contribution in [3.05, 3.63) is 95.9 Å². The highest BCUT2D eigenvalue weighted by Gasteiger charge is 2.22. The Bertz CT molecular complexity index is 1190. The van der Waals surface area contributed by atoms with Crippen LogP contribution in [0.4, 0.5) is 0 Å². The number of para-hydroxylation sites is 1. The average molecular weight is 412 g/mol. The number of benzene rings is 2. The number of pyridine rings is 1. The Morgan fingerprint density at radius 1 is 1.10 bits per heavy atom. The molecule has 0 atom stereocenters. The molecule has 4 aromatic rings. The summed E-state index contributed by atoms with van der Waals surface area (Å²) in [5.74, 6) is 0.641. The minimum absolute atomic E-state index is 0.121. The molecule has 0 saturated carbocycles. The summed E-state index contributed by atoms with van der Waals surface area (Å²) >= 11 is 0. The second-order valence-corrected chi connectivity index (χ2v) is 7.39. The van der Waals surface area contributed by atoms with E-state index in [0.717, 1.165) is 28.1 Å². The van der Waals surface area contributed by atoms with E-state index in [1.54, 1.807) is 42.3 Å². The van der Waals surface area contributed by atoms with E-state index in [-0.39, 0.29) is 5.91 Å². The number of carbonyl (C=O) groups excluding carboxylic acids is 1. The van der Waals surface area contributed by atoms with Crippen LogP contribution in [0.15, 0.2) is 79.3 Å². The fourth-order valence-corrected chi connectivity index (χ4v) is 3.52. The normalized spacial score (nSPS) is 10.7. The van der Waals surface area contributed by atoms with E-state index in [0.29, 0.717) is 17.8 Å². The molecule has 0 aliphatic rings. The highest BCUT2D eigenvalue weighted by molar-refractivity contribution is 5.99. The van der Waals surface area contributed by atoms with Crippen molar-refractivity contribution in [2.75, 3.05) is 14.2 Å². The summed E-state index contributed by atoms with van der Waals surface area (Å²) in [5, 5.41) is 4.71. The zero-order chi connectivity index (χ0) is 21.8. The first-order valence-corrected chi connectivity index (χ1v) is 10.0. The van der Waals surface area contributed by atoms with Crippen LogP contribution in [0.2, 0.25) is 0 Å². The molecule has 1 amide bonds. The van der Waals surface area contributed by atoms with Gasteiger partial charge in [-0.15, -0.1) is 0 Å². The third kappa shape index (κ3) is 4.33. The van der Waals surface area contributed by atoms with Gasteiger partial charge in [0.25, 0.3) is 5.91 Å². The van der Waals surface area contributed by atoms with Crippen molar-refractivity contribution in [1.29, 1.82) is 0 Å². The van der Waals surface area contributed by atoms with Gasteiger partial charge in [-0.3, -0.25) is 9.78 Å². The standard InChI is InChI=1S/C25H24N4O2/c1-18-11-12-23(31-3)20(14-18)16-28(2)25(30)22-17-29(21-9-5-4-6-10-21)27-24(22)19-8-7-13-26-15-19/h4-15,17H,16H2,1-3H3. The molecule has 0 aliphatic heterocycles. The van der Waals surface area contributed by atoms with Crippen molar-refractivity contribution < 1.29 is 9.53 Å². The quantitative estimate of drug-likeness (QED) is 0.467. The molecular weight excluding hydrogens is 388 g/mol. The average Bonchev–Trinajstić information content (AvgIpc) is 3.25. The highest BCUT2D eigenvalue weighted by Crippen LogP contribution is 2.26. The van der Waals surface area contributed by atoms with Crippen LogP contribution in [0.25, 0.3) is 16.9 Å². The van der Waals surface area contributed by atoms with Gasteiger partial charge in [-0.1, -0.05) is 35.9 Å². The van der Waals surface area contributed by atoms with E-state index < -0.39 is 0 Å². The van der Waals surface area contributed by atoms with Crippen LogP contribution in [0.3, 0.4) is 0 Å². The fraction of sp³-hybridized carbons (Fsp3) is 0.160. The predicted octanol–water partition coefficient (Wildman–Crippen LogP) is 4.52. The van der Waals surface area contributed by atoms with Gasteiger partial charge < -0.3 is 9.64 Å². The van der Waals surface area contributed by atoms with Crippen molar-refractivity contribution in [3.63, 3.8) is 0 Å². The zero-order valence-corrected chi connectivity index (χ0v) is 17.8. The lowest BCUT2D eigenvalue weighted by Crippen LogP contribution is -2.26. The molecule has 6 nitrogen and oxygen atoms in total. The number of hydrogen-bond acceptors (Lipinski definition) is 4. The molecule has 0 aliphatic carbocycles. The van der Waals surface area contributed by atoms with Crippen molar-refractivity contribution in [2.45, 2.75) is 13.5 Å². The minimum Gasteiger partial charge on any atom is -0.496 e. The molecule has 31 heavy (non-hydrogen) atoms. The molecule has 0 unspecified atom stereocenters. The van der Waals surface area contributed by atoms with E-state index in [4.69, 9.17) is 9.84 Å². The third-order valence-corrected chi connectivity index (χ3v) is 5.09. The Labute approximate surface area is 181 Å². The molecule has 0 bridgehead atoms. The lowest BCUT2D eigenvalue weighted by Gasteiger charge is -2.19. The van der Waals surface area contributed by atoms with Crippen molar-refractivity contribution in [2.24, 2.45) is 0 Å². The van der Waals surface area contributed by atoms with Gasteiger partial charge >= 0.3 is 0 Å². The van der Waals surface area contributed by atoms with Crippen LogP contribution in [-0.2, 0) is 6.54 Å². The lowest BCUT2D eigenvalue weighted by atomic mass is 10.1. The summed E-state index contributed by atoms with van der Waals surface area (Å²) in [7, 11) is 3.43. The summed E-state index contributed by atoms with van der Waals surface area (Å²) in [4.78, 5) is 19.4. The van der Waals surface area contributed by atoms with E-state index >= 15 is 0 Å². The van der Waals surface area contributed by atoms with Crippen molar-refractivity contribution in [1.82, 2.24) is 19.7 Å². The molecule has 0 spiro atoms. The monoisotopic (exact) mass is 412 g/mol. The molecule has 0 fully saturated rings. The van der Waals surface area contributed by atoms with Crippen molar-refractivity contribution in [3.8, 4) is 22.7 Å². The van der Waals surface area contributed by atoms with Crippen LogP contribution < -0.4 is 4.74 Å². The van der Waals surface area contributed by atoms with Crippen LogP contribution >= 0.6 is 0 Å². The maximum absolute atomic E-state index is 13.5. The van der Waals surface area contributed by atoms with Gasteiger partial charge in [0, 0.05) is 43.3 Å².